The summed E-state index contributed by atoms with van der Waals surface area (Å²) < 4.78 is 7.04. The van der Waals surface area contributed by atoms with Gasteiger partial charge in [0.15, 0.2) is 0 Å². The molecular weight excluding hydrogens is 727 g/mol. The molecule has 0 radical (unpaired) electrons. The molecule has 0 bridgehead atoms. The highest BCUT2D eigenvalue weighted by Gasteiger charge is 2.51. The van der Waals surface area contributed by atoms with E-state index in [2.05, 4.69) is 231 Å². The minimum Gasteiger partial charge on any atom is -0.457 e. The maximum atomic E-state index is 7.04. The molecular formula is C58H41NO. The lowest BCUT2D eigenvalue weighted by Crippen LogP contribution is -2.32. The number of anilines is 3. The molecule has 0 N–H and O–H groups in total. The van der Waals surface area contributed by atoms with Gasteiger partial charge < -0.3 is 9.64 Å². The van der Waals surface area contributed by atoms with Gasteiger partial charge in [0.2, 0.25) is 0 Å². The van der Waals surface area contributed by atoms with Gasteiger partial charge in [-0.25, -0.2) is 0 Å². The van der Waals surface area contributed by atoms with Crippen molar-refractivity contribution in [1.29, 1.82) is 0 Å². The lowest BCUT2D eigenvalue weighted by Gasteiger charge is -2.40. The zero-order valence-corrected chi connectivity index (χ0v) is 33.6. The van der Waals surface area contributed by atoms with Gasteiger partial charge >= 0.3 is 0 Å². The Labute approximate surface area is 351 Å². The van der Waals surface area contributed by atoms with Gasteiger partial charge in [-0.15, -0.1) is 0 Å². The van der Waals surface area contributed by atoms with E-state index in [1.54, 1.807) is 0 Å². The summed E-state index contributed by atoms with van der Waals surface area (Å²) in [5.41, 5.74) is 19.9. The van der Waals surface area contributed by atoms with Crippen LogP contribution >= 0.6 is 0 Å². The predicted molar refractivity (Wildman–Crippen MR) is 247 cm³/mol. The molecule has 0 amide bonds. The smallest absolute Gasteiger partial charge is 0.132 e. The van der Waals surface area contributed by atoms with E-state index in [4.69, 9.17) is 4.74 Å². The van der Waals surface area contributed by atoms with Crippen molar-refractivity contribution in [3.63, 3.8) is 0 Å². The Hall–Kier alpha value is -7.42. The third kappa shape index (κ3) is 4.88. The van der Waals surface area contributed by atoms with Crippen LogP contribution in [0.2, 0.25) is 0 Å². The zero-order valence-electron chi connectivity index (χ0n) is 33.6. The van der Waals surface area contributed by atoms with E-state index in [0.29, 0.717) is 0 Å². The van der Waals surface area contributed by atoms with Gasteiger partial charge in [-0.1, -0.05) is 172 Å². The fourth-order valence-electron chi connectivity index (χ4n) is 10.6. The van der Waals surface area contributed by atoms with Crippen molar-refractivity contribution in [2.75, 3.05) is 4.90 Å². The summed E-state index contributed by atoms with van der Waals surface area (Å²) >= 11 is 0. The van der Waals surface area contributed by atoms with E-state index in [1.807, 2.05) is 0 Å². The Morgan fingerprint density at radius 1 is 0.317 bits per heavy atom. The molecule has 0 aromatic heterocycles. The van der Waals surface area contributed by atoms with Gasteiger partial charge in [0.1, 0.15) is 11.5 Å². The Kier molecular flexibility index (Phi) is 7.52. The van der Waals surface area contributed by atoms with Crippen LogP contribution in [0.4, 0.5) is 17.1 Å². The van der Waals surface area contributed by atoms with Crippen LogP contribution in [0.3, 0.4) is 0 Å². The van der Waals surface area contributed by atoms with E-state index >= 15 is 0 Å². The van der Waals surface area contributed by atoms with Crippen LogP contribution in [0.15, 0.2) is 212 Å². The summed E-state index contributed by atoms with van der Waals surface area (Å²) in [5.74, 6) is 1.76. The number of benzene rings is 9. The van der Waals surface area contributed by atoms with Gasteiger partial charge in [0.05, 0.1) is 5.41 Å². The lowest BCUT2D eigenvalue weighted by molar-refractivity contribution is 0.436. The molecule has 0 fully saturated rings. The molecule has 3 aliphatic rings. The zero-order chi connectivity index (χ0) is 40.0. The SMILES string of the molecule is CC1(C)c2ccccc2-c2ccc(N(c3ccccc3)c3ccc4c(c3)C3(c5ccccc5Oc5cc(-c6ccccc6)c(-c6ccccc6)cc53)c3ccccc3-4)cc21. The van der Waals surface area contributed by atoms with Crippen molar-refractivity contribution in [3.05, 3.63) is 246 Å². The van der Waals surface area contributed by atoms with Gasteiger partial charge in [0.25, 0.3) is 0 Å². The number of ether oxygens (including phenoxy) is 1. The van der Waals surface area contributed by atoms with Crippen LogP contribution in [0, 0.1) is 0 Å². The normalized spacial score (nSPS) is 15.8. The second-order valence-corrected chi connectivity index (χ2v) is 16.8. The molecule has 60 heavy (non-hydrogen) atoms. The molecule has 1 aliphatic heterocycles. The number of hydrogen-bond donors (Lipinski definition) is 0. The Morgan fingerprint density at radius 3 is 1.47 bits per heavy atom. The van der Waals surface area contributed by atoms with E-state index < -0.39 is 5.41 Å². The van der Waals surface area contributed by atoms with Crippen LogP contribution in [-0.4, -0.2) is 0 Å². The summed E-state index contributed by atoms with van der Waals surface area (Å²) in [6.07, 6.45) is 0. The summed E-state index contributed by atoms with van der Waals surface area (Å²) in [6.45, 7) is 4.72. The van der Waals surface area contributed by atoms with Crippen LogP contribution in [0.1, 0.15) is 47.2 Å². The first-order valence-electron chi connectivity index (χ1n) is 20.9. The fraction of sp³-hybridized carbons (Fsp3) is 0.0690. The highest BCUT2D eigenvalue weighted by Crippen LogP contribution is 2.64. The Bertz CT molecular complexity index is 3150. The summed E-state index contributed by atoms with van der Waals surface area (Å²) in [4.78, 5) is 2.44. The summed E-state index contributed by atoms with van der Waals surface area (Å²) in [5, 5.41) is 0. The highest BCUT2D eigenvalue weighted by molar-refractivity contribution is 5.94. The summed E-state index contributed by atoms with van der Waals surface area (Å²) in [6, 6.07) is 77.8. The van der Waals surface area contributed by atoms with E-state index in [-0.39, 0.29) is 5.41 Å². The maximum Gasteiger partial charge on any atom is 0.132 e. The molecule has 2 nitrogen and oxygen atoms in total. The first-order valence-corrected chi connectivity index (χ1v) is 20.9. The van der Waals surface area contributed by atoms with Crippen LogP contribution < -0.4 is 9.64 Å². The van der Waals surface area contributed by atoms with Gasteiger partial charge in [-0.2, -0.15) is 0 Å². The number of fused-ring (bicyclic) bond motifs is 12. The Morgan fingerprint density at radius 2 is 0.800 bits per heavy atom. The molecule has 9 aromatic rings. The molecule has 1 heterocycles. The third-order valence-corrected chi connectivity index (χ3v) is 13.3. The molecule has 12 rings (SSSR count). The van der Waals surface area contributed by atoms with Crippen molar-refractivity contribution >= 4 is 17.1 Å². The maximum absolute atomic E-state index is 7.04. The van der Waals surface area contributed by atoms with Crippen LogP contribution in [0.25, 0.3) is 44.5 Å². The average Bonchev–Trinajstić information content (AvgIpc) is 3.72. The summed E-state index contributed by atoms with van der Waals surface area (Å²) in [7, 11) is 0. The Balaban J connectivity index is 1.14. The monoisotopic (exact) mass is 767 g/mol. The van der Waals surface area contributed by atoms with Gasteiger partial charge in [-0.3, -0.25) is 0 Å². The number of nitrogens with zero attached hydrogens (tertiary/aromatic N) is 1. The standard InChI is InChI=1S/C58H41NO/c1-57(2)49-26-14-12-24-43(49)45-32-30-41(34-52(45)57)59(40-22-10-5-11-23-40)42-31-33-46-44-25-13-15-27-50(44)58(53(46)35-42)51-28-16-17-29-55(51)60-56-37-48(39-20-8-4-9-21-39)47(36-54(56)58)38-18-6-3-7-19-38/h3-37H,1-2H3. The van der Waals surface area contributed by atoms with Crippen LogP contribution in [0.5, 0.6) is 11.5 Å². The first kappa shape index (κ1) is 34.6. The molecule has 284 valence electrons. The molecule has 1 unspecified atom stereocenters. The number of hydrogen-bond acceptors (Lipinski definition) is 2. The second kappa shape index (κ2) is 13.0. The van der Waals surface area contributed by atoms with E-state index in [0.717, 1.165) is 50.8 Å². The largest absolute Gasteiger partial charge is 0.457 e. The molecule has 1 spiro atoms. The number of para-hydroxylation sites is 2. The van der Waals surface area contributed by atoms with E-state index in [1.165, 1.54) is 55.6 Å². The minimum atomic E-state index is -0.658. The van der Waals surface area contributed by atoms with Crippen LogP contribution in [-0.2, 0) is 10.8 Å². The predicted octanol–water partition coefficient (Wildman–Crippen LogP) is 15.3. The lowest BCUT2D eigenvalue weighted by atomic mass is 9.65. The molecule has 2 aliphatic carbocycles. The number of rotatable bonds is 5. The van der Waals surface area contributed by atoms with Crippen molar-refractivity contribution in [1.82, 2.24) is 0 Å². The van der Waals surface area contributed by atoms with Gasteiger partial charge in [-0.05, 0) is 121 Å². The fourth-order valence-corrected chi connectivity index (χ4v) is 10.6. The molecule has 2 heteroatoms. The topological polar surface area (TPSA) is 12.5 Å². The molecule has 9 aromatic carbocycles. The first-order chi connectivity index (χ1) is 29.5. The average molecular weight is 768 g/mol. The quantitative estimate of drug-likeness (QED) is 0.173. The van der Waals surface area contributed by atoms with Crippen molar-refractivity contribution in [2.24, 2.45) is 0 Å². The molecule has 0 saturated heterocycles. The molecule has 0 saturated carbocycles. The van der Waals surface area contributed by atoms with Crippen molar-refractivity contribution in [2.45, 2.75) is 24.7 Å². The minimum absolute atomic E-state index is 0.126. The van der Waals surface area contributed by atoms with Crippen molar-refractivity contribution in [3.8, 4) is 56.0 Å². The highest BCUT2D eigenvalue weighted by atomic mass is 16.5. The third-order valence-electron chi connectivity index (χ3n) is 13.3. The van der Waals surface area contributed by atoms with Crippen molar-refractivity contribution < 1.29 is 4.74 Å². The second-order valence-electron chi connectivity index (χ2n) is 16.8. The van der Waals surface area contributed by atoms with Gasteiger partial charge in [0, 0.05) is 33.6 Å². The van der Waals surface area contributed by atoms with E-state index in [9.17, 15) is 0 Å². The molecule has 1 atom stereocenters.